The minimum absolute atomic E-state index is 0.0542. The summed E-state index contributed by atoms with van der Waals surface area (Å²) in [5, 5.41) is 21.0. The first-order valence-corrected chi connectivity index (χ1v) is 9.51. The largest absolute Gasteiger partial charge is 0.416 e. The molecule has 1 fully saturated rings. The molecule has 4 rings (SSSR count). The number of aliphatic hydroxyl groups is 1. The highest BCUT2D eigenvalue weighted by Crippen LogP contribution is 2.36. The number of benzene rings is 1. The van der Waals surface area contributed by atoms with Crippen molar-refractivity contribution in [2.24, 2.45) is 0 Å². The summed E-state index contributed by atoms with van der Waals surface area (Å²) in [6.45, 7) is 0.607. The molecule has 1 aliphatic rings. The molecule has 172 valence electrons. The highest BCUT2D eigenvalue weighted by molar-refractivity contribution is 5.79. The number of hydrogen-bond donors (Lipinski definition) is 2. The Bertz CT molecular complexity index is 1110. The predicted octanol–water partition coefficient (Wildman–Crippen LogP) is 3.48. The van der Waals surface area contributed by atoms with Gasteiger partial charge in [0, 0.05) is 12.2 Å². The second kappa shape index (κ2) is 8.20. The summed E-state index contributed by atoms with van der Waals surface area (Å²) in [4.78, 5) is 3.97. The quantitative estimate of drug-likeness (QED) is 0.579. The smallest absolute Gasteiger partial charge is 0.391 e. The number of hydrogen-bond acceptors (Lipinski definition) is 6. The standard InChI is InChI=1S/C19H17F6N5O2/c20-18(21,22)6-10-5-11(19(23,24)25)1-2-12(10)16-14-7-26-9-30(14)17(29-28-16)27-13-8-32-4-3-15(13)31/h1-2,5,7,9,13,15,31H,3-4,6,8H2,(H,27,29)/t13?,15-/m0/s1. The first-order chi connectivity index (χ1) is 15.0. The number of anilines is 1. The van der Waals surface area contributed by atoms with Crippen LogP contribution in [0, 0.1) is 0 Å². The van der Waals surface area contributed by atoms with Crippen molar-refractivity contribution in [1.29, 1.82) is 0 Å². The fourth-order valence-corrected chi connectivity index (χ4v) is 3.52. The molecule has 32 heavy (non-hydrogen) atoms. The van der Waals surface area contributed by atoms with Gasteiger partial charge in [0.25, 0.3) is 0 Å². The van der Waals surface area contributed by atoms with Crippen molar-refractivity contribution in [1.82, 2.24) is 19.6 Å². The van der Waals surface area contributed by atoms with Gasteiger partial charge in [-0.1, -0.05) is 6.07 Å². The molecule has 3 aromatic rings. The minimum Gasteiger partial charge on any atom is -0.391 e. The van der Waals surface area contributed by atoms with Gasteiger partial charge in [0.05, 0.1) is 42.5 Å². The van der Waals surface area contributed by atoms with Crippen molar-refractivity contribution in [2.45, 2.75) is 37.3 Å². The van der Waals surface area contributed by atoms with E-state index in [0.29, 0.717) is 25.2 Å². The summed E-state index contributed by atoms with van der Waals surface area (Å²) < 4.78 is 85.3. The van der Waals surface area contributed by atoms with Crippen LogP contribution < -0.4 is 5.32 Å². The van der Waals surface area contributed by atoms with Crippen molar-refractivity contribution in [3.63, 3.8) is 0 Å². The van der Waals surface area contributed by atoms with Gasteiger partial charge in [0.1, 0.15) is 12.0 Å². The molecule has 1 aromatic carbocycles. The number of alkyl halides is 6. The average Bonchev–Trinajstić information content (AvgIpc) is 3.19. The normalized spacial score (nSPS) is 20.0. The lowest BCUT2D eigenvalue weighted by Gasteiger charge is -2.28. The molecule has 0 bridgehead atoms. The maximum atomic E-state index is 13.1. The fourth-order valence-electron chi connectivity index (χ4n) is 3.52. The zero-order chi connectivity index (χ0) is 23.1. The maximum absolute atomic E-state index is 13.1. The molecule has 0 saturated carbocycles. The summed E-state index contributed by atoms with van der Waals surface area (Å²) in [6, 6.07) is 1.62. The number of imidazole rings is 1. The van der Waals surface area contributed by atoms with Gasteiger partial charge < -0.3 is 15.2 Å². The third-order valence-corrected chi connectivity index (χ3v) is 5.07. The number of fused-ring (bicyclic) bond motifs is 1. The Kier molecular flexibility index (Phi) is 5.71. The number of ether oxygens (including phenoxy) is 1. The van der Waals surface area contributed by atoms with Gasteiger partial charge in [-0.3, -0.25) is 4.40 Å². The molecule has 2 N–H and O–H groups in total. The molecule has 13 heteroatoms. The van der Waals surface area contributed by atoms with Crippen LogP contribution in [-0.4, -0.2) is 56.2 Å². The van der Waals surface area contributed by atoms with Crippen LogP contribution in [-0.2, 0) is 17.3 Å². The Morgan fingerprint density at radius 2 is 1.94 bits per heavy atom. The topological polar surface area (TPSA) is 84.6 Å². The van der Waals surface area contributed by atoms with Gasteiger partial charge in [0.15, 0.2) is 0 Å². The second-order valence-electron chi connectivity index (χ2n) is 7.36. The van der Waals surface area contributed by atoms with Gasteiger partial charge in [-0.05, 0) is 24.1 Å². The van der Waals surface area contributed by atoms with Crippen LogP contribution in [0.5, 0.6) is 0 Å². The highest BCUT2D eigenvalue weighted by atomic mass is 19.4. The van der Waals surface area contributed by atoms with E-state index in [4.69, 9.17) is 4.74 Å². The van der Waals surface area contributed by atoms with Gasteiger partial charge in [-0.25, -0.2) is 4.98 Å². The van der Waals surface area contributed by atoms with E-state index in [1.165, 1.54) is 16.9 Å². The third kappa shape index (κ3) is 4.63. The van der Waals surface area contributed by atoms with Crippen molar-refractivity contribution in [3.8, 4) is 11.3 Å². The van der Waals surface area contributed by atoms with E-state index in [1.54, 1.807) is 0 Å². The Hall–Kier alpha value is -2.93. The number of aromatic nitrogens is 4. The molecule has 0 amide bonds. The zero-order valence-corrected chi connectivity index (χ0v) is 16.3. The molecule has 3 heterocycles. The number of nitrogens with zero attached hydrogens (tertiary/aromatic N) is 4. The van der Waals surface area contributed by atoms with E-state index in [0.717, 1.165) is 6.07 Å². The number of halogens is 6. The van der Waals surface area contributed by atoms with E-state index >= 15 is 0 Å². The van der Waals surface area contributed by atoms with Crippen LogP contribution >= 0.6 is 0 Å². The molecule has 1 aliphatic heterocycles. The molecule has 2 atom stereocenters. The molecule has 0 aliphatic carbocycles. The fraction of sp³-hybridized carbons (Fsp3) is 0.421. The van der Waals surface area contributed by atoms with Crippen molar-refractivity contribution in [2.75, 3.05) is 18.5 Å². The Morgan fingerprint density at radius 1 is 1.16 bits per heavy atom. The van der Waals surface area contributed by atoms with Gasteiger partial charge in [0.2, 0.25) is 5.95 Å². The maximum Gasteiger partial charge on any atom is 0.416 e. The van der Waals surface area contributed by atoms with Gasteiger partial charge in [-0.2, -0.15) is 26.3 Å². The predicted molar refractivity (Wildman–Crippen MR) is 99.8 cm³/mol. The molecule has 0 spiro atoms. The van der Waals surface area contributed by atoms with Crippen LogP contribution in [0.3, 0.4) is 0 Å². The van der Waals surface area contributed by atoms with Gasteiger partial charge in [-0.15, -0.1) is 10.2 Å². The van der Waals surface area contributed by atoms with E-state index < -0.39 is 42.0 Å². The third-order valence-electron chi connectivity index (χ3n) is 5.07. The summed E-state index contributed by atoms with van der Waals surface area (Å²) in [5.41, 5.74) is -1.73. The van der Waals surface area contributed by atoms with Crippen LogP contribution in [0.1, 0.15) is 17.5 Å². The lowest BCUT2D eigenvalue weighted by atomic mass is 9.98. The van der Waals surface area contributed by atoms with Crippen LogP contribution in [0.15, 0.2) is 30.7 Å². The number of nitrogens with one attached hydrogen (secondary N) is 1. The lowest BCUT2D eigenvalue weighted by Crippen LogP contribution is -2.43. The average molecular weight is 461 g/mol. The molecule has 1 saturated heterocycles. The second-order valence-corrected chi connectivity index (χ2v) is 7.36. The van der Waals surface area contributed by atoms with Crippen molar-refractivity contribution >= 4 is 11.5 Å². The highest BCUT2D eigenvalue weighted by Gasteiger charge is 2.35. The van der Waals surface area contributed by atoms with E-state index in [2.05, 4.69) is 20.5 Å². The van der Waals surface area contributed by atoms with Crippen molar-refractivity contribution < 1.29 is 36.2 Å². The minimum atomic E-state index is -4.80. The zero-order valence-electron chi connectivity index (χ0n) is 16.3. The molecule has 1 unspecified atom stereocenters. The van der Waals surface area contributed by atoms with Crippen LogP contribution in [0.4, 0.5) is 32.3 Å². The van der Waals surface area contributed by atoms with Crippen LogP contribution in [0.25, 0.3) is 16.8 Å². The van der Waals surface area contributed by atoms with E-state index in [-0.39, 0.29) is 29.3 Å². The molecular formula is C19H17F6N5O2. The SMILES string of the molecule is O[C@H]1CCOCC1Nc1nnc(-c2ccc(C(F)(F)F)cc2CC(F)(F)F)c2cncn12. The monoisotopic (exact) mass is 461 g/mol. The Balaban J connectivity index is 1.77. The summed E-state index contributed by atoms with van der Waals surface area (Å²) >= 11 is 0. The molecule has 2 aromatic heterocycles. The first-order valence-electron chi connectivity index (χ1n) is 9.51. The summed E-state index contributed by atoms with van der Waals surface area (Å²) in [6.07, 6.45) is -8.76. The summed E-state index contributed by atoms with van der Waals surface area (Å²) in [5.74, 6) is 0.153. The number of aliphatic hydroxyl groups excluding tert-OH is 1. The molecular weight excluding hydrogens is 444 g/mol. The van der Waals surface area contributed by atoms with Gasteiger partial charge >= 0.3 is 12.4 Å². The molecule has 7 nitrogen and oxygen atoms in total. The Morgan fingerprint density at radius 3 is 2.62 bits per heavy atom. The van der Waals surface area contributed by atoms with Crippen LogP contribution in [0.2, 0.25) is 0 Å². The van der Waals surface area contributed by atoms with E-state index in [9.17, 15) is 31.4 Å². The molecule has 0 radical (unpaired) electrons. The Labute approximate surface area is 177 Å². The number of rotatable bonds is 4. The van der Waals surface area contributed by atoms with Crippen molar-refractivity contribution in [3.05, 3.63) is 41.9 Å². The summed E-state index contributed by atoms with van der Waals surface area (Å²) in [7, 11) is 0. The van der Waals surface area contributed by atoms with E-state index in [1.807, 2.05) is 0 Å². The lowest BCUT2D eigenvalue weighted by molar-refractivity contribution is -0.138. The first kappa shape index (κ1) is 22.3.